The zero-order valence-corrected chi connectivity index (χ0v) is 16.9. The first-order valence-corrected chi connectivity index (χ1v) is 10.6. The van der Waals surface area contributed by atoms with Crippen molar-refractivity contribution < 1.29 is 14.7 Å². The quantitative estimate of drug-likeness (QED) is 0.659. The molecule has 7 nitrogen and oxygen atoms in total. The molecule has 0 unspecified atom stereocenters. The monoisotopic (exact) mass is 402 g/mol. The van der Waals surface area contributed by atoms with Gasteiger partial charge in [0.1, 0.15) is 6.54 Å². The van der Waals surface area contributed by atoms with Crippen LogP contribution in [0.1, 0.15) is 31.0 Å². The highest BCUT2D eigenvalue weighted by atomic mass is 32.2. The molecule has 28 heavy (non-hydrogen) atoms. The predicted octanol–water partition coefficient (Wildman–Crippen LogP) is 1.97. The maximum Gasteiger partial charge on any atom is 0.240 e. The summed E-state index contributed by atoms with van der Waals surface area (Å²) in [5.74, 6) is 0.118. The number of carbonyl (C=O) groups excluding carboxylic acids is 2. The minimum Gasteiger partial charge on any atom is -0.390 e. The molecule has 1 aromatic carbocycles. The van der Waals surface area contributed by atoms with Gasteiger partial charge in [0.2, 0.25) is 11.8 Å². The Labute approximate surface area is 169 Å². The van der Waals surface area contributed by atoms with Crippen molar-refractivity contribution in [3.8, 4) is 0 Å². The van der Waals surface area contributed by atoms with Crippen molar-refractivity contribution in [2.45, 2.75) is 44.5 Å². The fraction of sp³-hybridized carbons (Fsp3) is 0.450. The highest BCUT2D eigenvalue weighted by Gasteiger charge is 2.23. The lowest BCUT2D eigenvalue weighted by molar-refractivity contribution is -0.121. The summed E-state index contributed by atoms with van der Waals surface area (Å²) in [6.07, 6.45) is 4.35. The number of aliphatic hydroxyl groups is 1. The number of imidazole rings is 1. The van der Waals surface area contributed by atoms with E-state index in [-0.39, 0.29) is 30.7 Å². The summed E-state index contributed by atoms with van der Waals surface area (Å²) in [5.41, 5.74) is 2.74. The Morgan fingerprint density at radius 1 is 1.32 bits per heavy atom. The van der Waals surface area contributed by atoms with E-state index in [0.29, 0.717) is 23.9 Å². The predicted molar refractivity (Wildman–Crippen MR) is 109 cm³/mol. The molecule has 0 aliphatic carbocycles. The van der Waals surface area contributed by atoms with Gasteiger partial charge in [-0.15, -0.1) is 0 Å². The van der Waals surface area contributed by atoms with Gasteiger partial charge in [-0.05, 0) is 30.9 Å². The molecule has 2 amide bonds. The van der Waals surface area contributed by atoms with E-state index in [1.165, 1.54) is 17.3 Å². The lowest BCUT2D eigenvalue weighted by atomic mass is 10.0. The number of rotatable bonds is 8. The molecule has 0 fully saturated rings. The van der Waals surface area contributed by atoms with E-state index < -0.39 is 0 Å². The summed E-state index contributed by atoms with van der Waals surface area (Å²) in [4.78, 5) is 31.0. The second kappa shape index (κ2) is 9.75. The van der Waals surface area contributed by atoms with Gasteiger partial charge in [-0.25, -0.2) is 4.98 Å². The van der Waals surface area contributed by atoms with Crippen molar-refractivity contribution in [2.75, 3.05) is 23.7 Å². The van der Waals surface area contributed by atoms with E-state index in [2.05, 4.69) is 16.4 Å². The molecule has 1 aliphatic heterocycles. The summed E-state index contributed by atoms with van der Waals surface area (Å²) in [7, 11) is 0. The van der Waals surface area contributed by atoms with E-state index in [1.54, 1.807) is 10.8 Å². The first-order chi connectivity index (χ1) is 13.6. The Hall–Kier alpha value is -2.32. The number of carbonyl (C=O) groups is 2. The molecule has 0 spiro atoms. The number of aryl methyl sites for hydroxylation is 1. The Morgan fingerprint density at radius 3 is 2.93 bits per heavy atom. The summed E-state index contributed by atoms with van der Waals surface area (Å²) < 4.78 is 1.67. The van der Waals surface area contributed by atoms with Crippen LogP contribution < -0.4 is 10.2 Å². The molecule has 8 heteroatoms. The second-order valence-electron chi connectivity index (χ2n) is 6.69. The fourth-order valence-electron chi connectivity index (χ4n) is 3.26. The smallest absolute Gasteiger partial charge is 0.240 e. The third-order valence-electron chi connectivity index (χ3n) is 4.67. The molecule has 2 N–H and O–H groups in total. The number of aromatic nitrogens is 2. The topological polar surface area (TPSA) is 87.5 Å². The molecule has 0 saturated carbocycles. The SMILES string of the molecule is CCCNC(=O)Cn1c(CO)cnc1SCC(=O)N1CCCc2ccccc21. The number of nitrogens with one attached hydrogen (secondary N) is 1. The van der Waals surface area contributed by atoms with Crippen LogP contribution in [0.5, 0.6) is 0 Å². The Kier molecular flexibility index (Phi) is 7.11. The zero-order valence-electron chi connectivity index (χ0n) is 16.1. The molecule has 150 valence electrons. The van der Waals surface area contributed by atoms with Gasteiger partial charge in [0.15, 0.2) is 5.16 Å². The van der Waals surface area contributed by atoms with E-state index in [4.69, 9.17) is 0 Å². The van der Waals surface area contributed by atoms with Gasteiger partial charge < -0.3 is 19.9 Å². The Bertz CT molecular complexity index is 837. The summed E-state index contributed by atoms with van der Waals surface area (Å²) in [6.45, 7) is 3.19. The fourth-order valence-corrected chi connectivity index (χ4v) is 4.14. The normalized spacial score (nSPS) is 13.3. The van der Waals surface area contributed by atoms with Crippen molar-refractivity contribution >= 4 is 29.3 Å². The van der Waals surface area contributed by atoms with Crippen molar-refractivity contribution in [3.63, 3.8) is 0 Å². The average Bonchev–Trinajstić information content (AvgIpc) is 3.11. The summed E-state index contributed by atoms with van der Waals surface area (Å²) >= 11 is 1.30. The van der Waals surface area contributed by atoms with Gasteiger partial charge in [-0.2, -0.15) is 0 Å². The molecule has 0 radical (unpaired) electrons. The van der Waals surface area contributed by atoms with Crippen LogP contribution in [0.25, 0.3) is 0 Å². The number of nitrogens with zero attached hydrogens (tertiary/aromatic N) is 3. The summed E-state index contributed by atoms with van der Waals surface area (Å²) in [5, 5.41) is 12.9. The Morgan fingerprint density at radius 2 is 2.14 bits per heavy atom. The molecule has 2 aromatic rings. The molecule has 3 rings (SSSR count). The van der Waals surface area contributed by atoms with Crippen molar-refractivity contribution in [2.24, 2.45) is 0 Å². The first-order valence-electron chi connectivity index (χ1n) is 9.57. The molecule has 2 heterocycles. The van der Waals surface area contributed by atoms with Crippen LogP contribution in [-0.4, -0.2) is 45.3 Å². The molecule has 1 aliphatic rings. The molecular formula is C20H26N4O3S. The maximum atomic E-state index is 12.8. The molecule has 0 atom stereocenters. The average molecular weight is 403 g/mol. The maximum absolute atomic E-state index is 12.8. The number of hydrogen-bond acceptors (Lipinski definition) is 5. The molecule has 1 aromatic heterocycles. The first kappa shape index (κ1) is 20.4. The number of hydrogen-bond donors (Lipinski definition) is 2. The van der Waals surface area contributed by atoms with Crippen LogP contribution in [-0.2, 0) is 29.2 Å². The van der Waals surface area contributed by atoms with E-state index in [9.17, 15) is 14.7 Å². The second-order valence-corrected chi connectivity index (χ2v) is 7.64. The number of fused-ring (bicyclic) bond motifs is 1. The van der Waals surface area contributed by atoms with Crippen LogP contribution in [0.15, 0.2) is 35.6 Å². The van der Waals surface area contributed by atoms with Crippen LogP contribution in [0.3, 0.4) is 0 Å². The number of aliphatic hydroxyl groups excluding tert-OH is 1. The largest absolute Gasteiger partial charge is 0.390 e. The van der Waals surface area contributed by atoms with Gasteiger partial charge in [-0.1, -0.05) is 36.9 Å². The van der Waals surface area contributed by atoms with Gasteiger partial charge in [0, 0.05) is 18.8 Å². The highest BCUT2D eigenvalue weighted by Crippen LogP contribution is 2.28. The third kappa shape index (κ3) is 4.74. The minimum atomic E-state index is -0.206. The van der Waals surface area contributed by atoms with Crippen molar-refractivity contribution in [1.29, 1.82) is 0 Å². The standard InChI is InChI=1S/C20H26N4O3S/c1-2-9-21-18(26)12-24-16(13-25)11-22-20(24)28-14-19(27)23-10-5-7-15-6-3-4-8-17(15)23/h3-4,6,8,11,25H,2,5,7,9-10,12-14H2,1H3,(H,21,26). The third-order valence-corrected chi connectivity index (χ3v) is 5.65. The van der Waals surface area contributed by atoms with Crippen molar-refractivity contribution in [3.05, 3.63) is 41.7 Å². The molecular weight excluding hydrogens is 376 g/mol. The van der Waals surface area contributed by atoms with Crippen molar-refractivity contribution in [1.82, 2.24) is 14.9 Å². The minimum absolute atomic E-state index is 0.0210. The van der Waals surface area contributed by atoms with Gasteiger partial charge in [0.25, 0.3) is 0 Å². The Balaban J connectivity index is 1.67. The lowest BCUT2D eigenvalue weighted by Crippen LogP contribution is -2.36. The van der Waals surface area contributed by atoms with E-state index >= 15 is 0 Å². The van der Waals surface area contributed by atoms with Crippen LogP contribution >= 0.6 is 11.8 Å². The number of amides is 2. The van der Waals surface area contributed by atoms with E-state index in [0.717, 1.165) is 24.9 Å². The lowest BCUT2D eigenvalue weighted by Gasteiger charge is -2.29. The molecule has 0 saturated heterocycles. The van der Waals surface area contributed by atoms with Crippen LogP contribution in [0.2, 0.25) is 0 Å². The van der Waals surface area contributed by atoms with Gasteiger partial charge >= 0.3 is 0 Å². The number of para-hydroxylation sites is 1. The number of thioether (sulfide) groups is 1. The molecule has 0 bridgehead atoms. The highest BCUT2D eigenvalue weighted by molar-refractivity contribution is 7.99. The van der Waals surface area contributed by atoms with Crippen LogP contribution in [0, 0.1) is 0 Å². The zero-order chi connectivity index (χ0) is 19.9. The van der Waals surface area contributed by atoms with Gasteiger partial charge in [0.05, 0.1) is 24.3 Å². The van der Waals surface area contributed by atoms with Gasteiger partial charge in [-0.3, -0.25) is 9.59 Å². The number of benzene rings is 1. The van der Waals surface area contributed by atoms with Crippen LogP contribution in [0.4, 0.5) is 5.69 Å². The summed E-state index contributed by atoms with van der Waals surface area (Å²) in [6, 6.07) is 8.00. The van der Waals surface area contributed by atoms with E-state index in [1.807, 2.05) is 30.0 Å². The number of anilines is 1.